The Balaban J connectivity index is 1.10. The molecule has 0 saturated heterocycles. The molecular formula is C47H37N3O7. The van der Waals surface area contributed by atoms with Gasteiger partial charge in [-0.2, -0.15) is 0 Å². The maximum absolute atomic E-state index is 14.5. The molecule has 2 heterocycles. The standard InChI is InChI=1S/C47H37N3O7/c1-23(2)42(24(3)4)57-47(56)28-13-15-29-35(22-28)48-43(49-44(29)53)39-40(51)30-16-18-32-38-33(19-17-31(37(30)38)41(39)52)46(55)50(45(32)54)36-20-14-27(25-9-5-6-10-25)21-34(36)26-11-7-8-12-26/h5,7-11,13-24,39,42H,6,12H2,1-4H3,(H,48,49,53). The number of carbonyl (C=O) groups is 5. The highest BCUT2D eigenvalue weighted by Gasteiger charge is 2.43. The van der Waals surface area contributed by atoms with Crippen molar-refractivity contribution in [2.45, 2.75) is 52.6 Å². The van der Waals surface area contributed by atoms with E-state index in [1.165, 1.54) is 47.4 Å². The first-order valence-corrected chi connectivity index (χ1v) is 19.1. The van der Waals surface area contributed by atoms with Gasteiger partial charge in [0.25, 0.3) is 17.4 Å². The molecule has 0 fully saturated rings. The van der Waals surface area contributed by atoms with Gasteiger partial charge in [-0.05, 0) is 96.0 Å². The molecule has 4 aromatic carbocycles. The van der Waals surface area contributed by atoms with Gasteiger partial charge in [0.1, 0.15) is 17.8 Å². The third kappa shape index (κ3) is 5.65. The summed E-state index contributed by atoms with van der Waals surface area (Å²) in [6, 6.07) is 16.1. The van der Waals surface area contributed by atoms with Crippen molar-refractivity contribution < 1.29 is 28.7 Å². The molecule has 57 heavy (non-hydrogen) atoms. The molecule has 9 rings (SSSR count). The van der Waals surface area contributed by atoms with Crippen molar-refractivity contribution in [1.82, 2.24) is 9.97 Å². The van der Waals surface area contributed by atoms with Crippen molar-refractivity contribution in [3.05, 3.63) is 152 Å². The molecule has 282 valence electrons. The van der Waals surface area contributed by atoms with Gasteiger partial charge < -0.3 is 9.72 Å². The number of anilines is 1. The van der Waals surface area contributed by atoms with E-state index >= 15 is 0 Å². The fourth-order valence-electron chi connectivity index (χ4n) is 8.63. The van der Waals surface area contributed by atoms with Crippen LogP contribution in [0.25, 0.3) is 32.8 Å². The average molecular weight is 756 g/mol. The number of allylic oxidation sites excluding steroid dienone is 8. The van der Waals surface area contributed by atoms with Crippen molar-refractivity contribution in [3.8, 4) is 0 Å². The number of rotatable bonds is 8. The molecule has 0 saturated carbocycles. The van der Waals surface area contributed by atoms with Crippen molar-refractivity contribution in [1.29, 1.82) is 0 Å². The number of carbonyl (C=O) groups excluding carboxylic acids is 5. The van der Waals surface area contributed by atoms with Gasteiger partial charge in [0, 0.05) is 38.6 Å². The van der Waals surface area contributed by atoms with Crippen LogP contribution in [-0.2, 0) is 4.74 Å². The highest BCUT2D eigenvalue weighted by molar-refractivity contribution is 6.41. The molecule has 1 aliphatic heterocycles. The molecule has 10 nitrogen and oxygen atoms in total. The number of nitrogens with one attached hydrogen (secondary N) is 1. The number of H-pyrrole nitrogens is 1. The van der Waals surface area contributed by atoms with E-state index in [1.54, 1.807) is 6.07 Å². The second-order valence-corrected chi connectivity index (χ2v) is 15.6. The summed E-state index contributed by atoms with van der Waals surface area (Å²) in [5, 5.41) is 0.622. The molecule has 4 aliphatic rings. The molecular weight excluding hydrogens is 719 g/mol. The summed E-state index contributed by atoms with van der Waals surface area (Å²) in [4.78, 5) is 92.5. The average Bonchev–Trinajstić information content (AvgIpc) is 3.94. The topological polar surface area (TPSA) is 144 Å². The summed E-state index contributed by atoms with van der Waals surface area (Å²) in [5.74, 6) is -4.52. The smallest absolute Gasteiger partial charge is 0.338 e. The second-order valence-electron chi connectivity index (χ2n) is 15.6. The number of aromatic nitrogens is 2. The van der Waals surface area contributed by atoms with E-state index < -0.39 is 40.8 Å². The Hall–Kier alpha value is -6.81. The van der Waals surface area contributed by atoms with Crippen LogP contribution in [0.5, 0.6) is 0 Å². The van der Waals surface area contributed by atoms with Crippen LogP contribution in [0, 0.1) is 11.8 Å². The Bertz CT molecular complexity index is 2790. The van der Waals surface area contributed by atoms with E-state index in [0.29, 0.717) is 12.1 Å². The minimum atomic E-state index is -1.51. The maximum atomic E-state index is 14.5. The number of hydrogen-bond acceptors (Lipinski definition) is 8. The normalized spacial score (nSPS) is 16.3. The molecule has 0 spiro atoms. The lowest BCUT2D eigenvalue weighted by atomic mass is 9.76. The van der Waals surface area contributed by atoms with Crippen LogP contribution in [0.3, 0.4) is 0 Å². The summed E-state index contributed by atoms with van der Waals surface area (Å²) in [7, 11) is 0. The molecule has 1 N–H and O–H groups in total. The van der Waals surface area contributed by atoms with Crippen LogP contribution in [0.1, 0.15) is 115 Å². The predicted molar refractivity (Wildman–Crippen MR) is 218 cm³/mol. The van der Waals surface area contributed by atoms with Crippen LogP contribution in [0.4, 0.5) is 5.69 Å². The van der Waals surface area contributed by atoms with Crippen LogP contribution in [0.15, 0.2) is 102 Å². The number of ether oxygens (including phenoxy) is 1. The van der Waals surface area contributed by atoms with Gasteiger partial charge in [0.05, 0.1) is 22.2 Å². The van der Waals surface area contributed by atoms with Gasteiger partial charge in [-0.3, -0.25) is 24.0 Å². The number of esters is 1. The quantitative estimate of drug-likeness (QED) is 0.0943. The minimum Gasteiger partial charge on any atom is -0.458 e. The monoisotopic (exact) mass is 755 g/mol. The van der Waals surface area contributed by atoms with E-state index in [-0.39, 0.29) is 73.3 Å². The van der Waals surface area contributed by atoms with Gasteiger partial charge in [-0.25, -0.2) is 14.7 Å². The summed E-state index contributed by atoms with van der Waals surface area (Å²) in [6.07, 6.45) is 13.4. The SMILES string of the molecule is CC(C)C(OC(=O)c1ccc2c(=O)[nH]c(C3C(=O)c4ccc5c6c(ccc(c46)C3=O)C(=O)N(c3ccc(C4=CCC=C4)cc3C3=CC=CC3)C5=O)nc2c1)C(C)C. The van der Waals surface area contributed by atoms with Gasteiger partial charge in [-0.15, -0.1) is 0 Å². The number of aromatic amines is 1. The second kappa shape index (κ2) is 13.4. The molecule has 0 radical (unpaired) electrons. The summed E-state index contributed by atoms with van der Waals surface area (Å²) in [5.41, 5.74) is 4.56. The van der Waals surface area contributed by atoms with Crippen LogP contribution < -0.4 is 10.5 Å². The largest absolute Gasteiger partial charge is 0.458 e. The molecule has 2 amide bonds. The Labute approximate surface area is 327 Å². The van der Waals surface area contributed by atoms with E-state index in [4.69, 9.17) is 4.74 Å². The van der Waals surface area contributed by atoms with E-state index in [2.05, 4.69) is 28.2 Å². The zero-order valence-corrected chi connectivity index (χ0v) is 31.7. The van der Waals surface area contributed by atoms with Crippen LogP contribution >= 0.6 is 0 Å². The van der Waals surface area contributed by atoms with Crippen molar-refractivity contribution >= 4 is 67.9 Å². The lowest BCUT2D eigenvalue weighted by molar-refractivity contribution is 0.00323. The van der Waals surface area contributed by atoms with Crippen molar-refractivity contribution in [2.75, 3.05) is 4.90 Å². The lowest BCUT2D eigenvalue weighted by Crippen LogP contribution is -2.41. The zero-order chi connectivity index (χ0) is 39.9. The number of Topliss-reactive ketones (excluding diaryl/α,β-unsaturated/α-hetero) is 2. The number of ketones is 2. The molecule has 0 atom stereocenters. The Morgan fingerprint density at radius 3 is 2.07 bits per heavy atom. The molecule has 5 aromatic rings. The van der Waals surface area contributed by atoms with E-state index in [9.17, 15) is 28.8 Å². The predicted octanol–water partition coefficient (Wildman–Crippen LogP) is 8.56. The Morgan fingerprint density at radius 2 is 1.46 bits per heavy atom. The summed E-state index contributed by atoms with van der Waals surface area (Å²) in [6.45, 7) is 7.87. The number of nitrogens with zero attached hydrogens (tertiary/aromatic N) is 2. The first-order chi connectivity index (χ1) is 27.4. The zero-order valence-electron chi connectivity index (χ0n) is 31.7. The molecule has 10 heteroatoms. The first kappa shape index (κ1) is 35.9. The van der Waals surface area contributed by atoms with Gasteiger partial charge in [0.15, 0.2) is 11.6 Å². The van der Waals surface area contributed by atoms with Crippen LogP contribution in [0.2, 0.25) is 0 Å². The Kier molecular flexibility index (Phi) is 8.46. The number of fused-ring (bicyclic) bond motifs is 1. The number of imide groups is 1. The Morgan fingerprint density at radius 1 is 0.789 bits per heavy atom. The van der Waals surface area contributed by atoms with Crippen molar-refractivity contribution in [2.24, 2.45) is 11.8 Å². The number of amides is 2. The first-order valence-electron chi connectivity index (χ1n) is 19.1. The lowest BCUT2D eigenvalue weighted by Gasteiger charge is -2.31. The fourth-order valence-corrected chi connectivity index (χ4v) is 8.63. The van der Waals surface area contributed by atoms with Gasteiger partial charge in [0.2, 0.25) is 0 Å². The minimum absolute atomic E-state index is 0.0775. The van der Waals surface area contributed by atoms with Crippen molar-refractivity contribution in [3.63, 3.8) is 0 Å². The highest BCUT2D eigenvalue weighted by atomic mass is 16.5. The highest BCUT2D eigenvalue weighted by Crippen LogP contribution is 2.44. The maximum Gasteiger partial charge on any atom is 0.338 e. The van der Waals surface area contributed by atoms with Crippen LogP contribution in [-0.4, -0.2) is 45.4 Å². The third-order valence-electron chi connectivity index (χ3n) is 11.3. The molecule has 3 aliphatic carbocycles. The van der Waals surface area contributed by atoms with E-state index in [1.807, 2.05) is 58.1 Å². The number of benzene rings is 4. The molecule has 0 bridgehead atoms. The van der Waals surface area contributed by atoms with Gasteiger partial charge >= 0.3 is 5.97 Å². The van der Waals surface area contributed by atoms with Gasteiger partial charge in [-0.1, -0.05) is 70.2 Å². The molecule has 1 aromatic heterocycles. The fraction of sp³-hybridized carbons (Fsp3) is 0.213. The molecule has 0 unspecified atom stereocenters. The summed E-state index contributed by atoms with van der Waals surface area (Å²) >= 11 is 0. The van der Waals surface area contributed by atoms with E-state index in [0.717, 1.165) is 28.7 Å². The number of hydrogen-bond donors (Lipinski definition) is 1. The summed E-state index contributed by atoms with van der Waals surface area (Å²) < 4.78 is 5.80. The third-order valence-corrected chi connectivity index (χ3v) is 11.3.